The number of carbonyl (C=O) groups excluding carboxylic acids is 1. The van der Waals surface area contributed by atoms with Crippen LogP contribution >= 0.6 is 11.6 Å². The van der Waals surface area contributed by atoms with Gasteiger partial charge in [-0.25, -0.2) is 5.43 Å². The van der Waals surface area contributed by atoms with Gasteiger partial charge in [0.25, 0.3) is 5.91 Å². The summed E-state index contributed by atoms with van der Waals surface area (Å²) in [6.45, 7) is 1.89. The fourth-order valence-electron chi connectivity index (χ4n) is 1.82. The van der Waals surface area contributed by atoms with Crippen LogP contribution in [0.2, 0.25) is 5.02 Å². The molecular weight excluding hydrogens is 300 g/mol. The normalized spacial score (nSPS) is 11.1. The van der Waals surface area contributed by atoms with E-state index < -0.39 is 0 Å². The van der Waals surface area contributed by atoms with Crippen molar-refractivity contribution in [3.05, 3.63) is 65.2 Å². The monoisotopic (exact) mass is 316 g/mol. The minimum absolute atomic E-state index is 0.100. The van der Waals surface area contributed by atoms with Gasteiger partial charge in [-0.15, -0.1) is 0 Å². The molecule has 2 rings (SSSR count). The van der Waals surface area contributed by atoms with Crippen LogP contribution in [0.15, 0.2) is 59.7 Å². The van der Waals surface area contributed by atoms with Gasteiger partial charge in [0.15, 0.2) is 6.61 Å². The Bertz CT molecular complexity index is 639. The second-order valence-corrected chi connectivity index (χ2v) is 4.99. The molecule has 5 heteroatoms. The molecule has 0 bridgehead atoms. The minimum Gasteiger partial charge on any atom is -0.484 e. The fourth-order valence-corrected chi connectivity index (χ4v) is 1.95. The van der Waals surface area contributed by atoms with Crippen molar-refractivity contribution in [3.8, 4) is 5.75 Å². The summed E-state index contributed by atoms with van der Waals surface area (Å²) >= 11 is 5.78. The maximum atomic E-state index is 11.8. The molecule has 114 valence electrons. The molecular formula is C17H17ClN2O2. The highest BCUT2D eigenvalue weighted by atomic mass is 35.5. The molecule has 22 heavy (non-hydrogen) atoms. The summed E-state index contributed by atoms with van der Waals surface area (Å²) in [5.41, 5.74) is 4.32. The predicted octanol–water partition coefficient (Wildman–Crippen LogP) is 3.65. The Morgan fingerprint density at radius 1 is 1.14 bits per heavy atom. The zero-order valence-electron chi connectivity index (χ0n) is 12.3. The van der Waals surface area contributed by atoms with Gasteiger partial charge in [0.1, 0.15) is 5.75 Å². The SMILES string of the molecule is CC/C(=N\NC(=O)COc1ccc(Cl)cc1)c1ccccc1. The zero-order valence-corrected chi connectivity index (χ0v) is 13.0. The Morgan fingerprint density at radius 3 is 2.45 bits per heavy atom. The summed E-state index contributed by atoms with van der Waals surface area (Å²) in [5, 5.41) is 4.78. The molecule has 0 saturated carbocycles. The number of hydrogen-bond acceptors (Lipinski definition) is 3. The van der Waals surface area contributed by atoms with E-state index in [1.165, 1.54) is 0 Å². The first-order chi connectivity index (χ1) is 10.7. The Hall–Kier alpha value is -2.33. The fraction of sp³-hybridized carbons (Fsp3) is 0.176. The van der Waals surface area contributed by atoms with E-state index >= 15 is 0 Å². The average molecular weight is 317 g/mol. The number of nitrogens with one attached hydrogen (secondary N) is 1. The third kappa shape index (κ3) is 4.90. The first-order valence-electron chi connectivity index (χ1n) is 6.98. The Morgan fingerprint density at radius 2 is 1.82 bits per heavy atom. The molecule has 0 saturated heterocycles. The lowest BCUT2D eigenvalue weighted by molar-refractivity contribution is -0.123. The number of halogens is 1. The molecule has 0 unspecified atom stereocenters. The summed E-state index contributed by atoms with van der Waals surface area (Å²) < 4.78 is 5.35. The van der Waals surface area contributed by atoms with Gasteiger partial charge in [-0.1, -0.05) is 48.9 Å². The number of benzene rings is 2. The highest BCUT2D eigenvalue weighted by Gasteiger charge is 2.04. The van der Waals surface area contributed by atoms with Crippen molar-refractivity contribution >= 4 is 23.2 Å². The number of nitrogens with zero attached hydrogens (tertiary/aromatic N) is 1. The van der Waals surface area contributed by atoms with Crippen molar-refractivity contribution in [2.24, 2.45) is 5.10 Å². The van der Waals surface area contributed by atoms with Crippen molar-refractivity contribution < 1.29 is 9.53 Å². The van der Waals surface area contributed by atoms with Crippen LogP contribution in [0, 0.1) is 0 Å². The van der Waals surface area contributed by atoms with Crippen LogP contribution in [0.3, 0.4) is 0 Å². The number of hydrogen-bond donors (Lipinski definition) is 1. The van der Waals surface area contributed by atoms with Gasteiger partial charge >= 0.3 is 0 Å². The summed E-state index contributed by atoms with van der Waals surface area (Å²) in [7, 11) is 0. The van der Waals surface area contributed by atoms with E-state index in [9.17, 15) is 4.79 Å². The van der Waals surface area contributed by atoms with Crippen molar-refractivity contribution in [3.63, 3.8) is 0 Å². The number of rotatable bonds is 6. The standard InChI is InChI=1S/C17H17ClN2O2/c1-2-16(13-6-4-3-5-7-13)19-20-17(21)12-22-15-10-8-14(18)9-11-15/h3-11H,2,12H2,1H3,(H,20,21)/b19-16+. The second kappa shape index (κ2) is 8.20. The number of hydrazone groups is 1. The first-order valence-corrected chi connectivity index (χ1v) is 7.36. The van der Waals surface area contributed by atoms with E-state index in [2.05, 4.69) is 10.5 Å². The summed E-state index contributed by atoms with van der Waals surface area (Å²) in [6, 6.07) is 16.6. The molecule has 0 aliphatic carbocycles. The number of amides is 1. The Balaban J connectivity index is 1.88. The third-order valence-electron chi connectivity index (χ3n) is 2.94. The second-order valence-electron chi connectivity index (χ2n) is 4.56. The topological polar surface area (TPSA) is 50.7 Å². The summed E-state index contributed by atoms with van der Waals surface area (Å²) in [4.78, 5) is 11.8. The lowest BCUT2D eigenvalue weighted by atomic mass is 10.1. The van der Waals surface area contributed by atoms with Gasteiger partial charge in [0.05, 0.1) is 5.71 Å². The Kier molecular flexibility index (Phi) is 5.98. The van der Waals surface area contributed by atoms with Gasteiger partial charge in [-0.2, -0.15) is 5.10 Å². The largest absolute Gasteiger partial charge is 0.484 e. The van der Waals surface area contributed by atoms with Gasteiger partial charge in [0.2, 0.25) is 0 Å². The molecule has 0 aromatic heterocycles. The van der Waals surface area contributed by atoms with E-state index in [-0.39, 0.29) is 12.5 Å². The van der Waals surface area contributed by atoms with Crippen molar-refractivity contribution in [1.82, 2.24) is 5.43 Å². The van der Waals surface area contributed by atoms with Crippen molar-refractivity contribution in [2.45, 2.75) is 13.3 Å². The molecule has 1 N–H and O–H groups in total. The van der Waals surface area contributed by atoms with Crippen LogP contribution < -0.4 is 10.2 Å². The number of carbonyl (C=O) groups is 1. The zero-order chi connectivity index (χ0) is 15.8. The quantitative estimate of drug-likeness (QED) is 0.653. The van der Waals surface area contributed by atoms with E-state index in [4.69, 9.17) is 16.3 Å². The average Bonchev–Trinajstić information content (AvgIpc) is 2.56. The molecule has 1 amide bonds. The number of ether oxygens (including phenoxy) is 1. The molecule has 0 heterocycles. The molecule has 0 fully saturated rings. The smallest absolute Gasteiger partial charge is 0.277 e. The lowest BCUT2D eigenvalue weighted by Gasteiger charge is -2.07. The van der Waals surface area contributed by atoms with Gasteiger partial charge in [0, 0.05) is 5.02 Å². The van der Waals surface area contributed by atoms with Gasteiger partial charge in [-0.3, -0.25) is 4.79 Å². The van der Waals surface area contributed by atoms with Gasteiger partial charge in [-0.05, 0) is 36.2 Å². The van der Waals surface area contributed by atoms with Crippen LogP contribution in [-0.2, 0) is 4.79 Å². The van der Waals surface area contributed by atoms with Crippen LogP contribution in [0.5, 0.6) is 5.75 Å². The molecule has 2 aromatic carbocycles. The minimum atomic E-state index is -0.308. The molecule has 0 spiro atoms. The van der Waals surface area contributed by atoms with Crippen LogP contribution in [0.4, 0.5) is 0 Å². The van der Waals surface area contributed by atoms with E-state index in [0.717, 1.165) is 17.7 Å². The van der Waals surface area contributed by atoms with E-state index in [1.54, 1.807) is 24.3 Å². The van der Waals surface area contributed by atoms with Crippen LogP contribution in [-0.4, -0.2) is 18.2 Å². The van der Waals surface area contributed by atoms with Gasteiger partial charge < -0.3 is 4.74 Å². The lowest BCUT2D eigenvalue weighted by Crippen LogP contribution is -2.26. The highest BCUT2D eigenvalue weighted by Crippen LogP contribution is 2.15. The highest BCUT2D eigenvalue weighted by molar-refractivity contribution is 6.30. The molecule has 4 nitrogen and oxygen atoms in total. The first kappa shape index (κ1) is 16.0. The van der Waals surface area contributed by atoms with Crippen LogP contribution in [0.25, 0.3) is 0 Å². The van der Waals surface area contributed by atoms with Crippen molar-refractivity contribution in [1.29, 1.82) is 0 Å². The molecule has 0 aliphatic rings. The third-order valence-corrected chi connectivity index (χ3v) is 3.19. The van der Waals surface area contributed by atoms with E-state index in [0.29, 0.717) is 10.8 Å². The molecule has 2 aromatic rings. The summed E-state index contributed by atoms with van der Waals surface area (Å²) in [6.07, 6.45) is 0.725. The molecule has 0 radical (unpaired) electrons. The molecule has 0 aliphatic heterocycles. The maximum absolute atomic E-state index is 11.8. The summed E-state index contributed by atoms with van der Waals surface area (Å²) in [5.74, 6) is 0.277. The van der Waals surface area contributed by atoms with Crippen LogP contribution in [0.1, 0.15) is 18.9 Å². The molecule has 0 atom stereocenters. The van der Waals surface area contributed by atoms with E-state index in [1.807, 2.05) is 37.3 Å². The van der Waals surface area contributed by atoms with Crippen molar-refractivity contribution in [2.75, 3.05) is 6.61 Å². The Labute approximate surface area is 134 Å². The predicted molar refractivity (Wildman–Crippen MR) is 88.4 cm³/mol. The maximum Gasteiger partial charge on any atom is 0.277 e.